The van der Waals surface area contributed by atoms with Crippen LogP contribution in [-0.4, -0.2) is 14.2 Å². The molecule has 0 bridgehead atoms. The minimum Gasteiger partial charge on any atom is -0.496 e. The summed E-state index contributed by atoms with van der Waals surface area (Å²) in [6.45, 7) is 0.308. The van der Waals surface area contributed by atoms with Crippen LogP contribution in [0.15, 0.2) is 69.9 Å². The molecule has 0 fully saturated rings. The van der Waals surface area contributed by atoms with Crippen molar-refractivity contribution in [2.75, 3.05) is 14.2 Å². The number of benzene rings is 3. The highest BCUT2D eigenvalue weighted by molar-refractivity contribution is 6.42. The van der Waals surface area contributed by atoms with Crippen LogP contribution in [0.3, 0.4) is 0 Å². The Hall–Kier alpha value is -3.15. The Balaban J connectivity index is 1.88. The van der Waals surface area contributed by atoms with Gasteiger partial charge in [-0.3, -0.25) is 4.79 Å². The Morgan fingerprint density at radius 3 is 2.32 bits per heavy atom. The Bertz CT molecular complexity index is 1300. The molecule has 0 spiro atoms. The first-order valence-electron chi connectivity index (χ1n) is 9.36. The van der Waals surface area contributed by atoms with Crippen molar-refractivity contribution >= 4 is 34.2 Å². The summed E-state index contributed by atoms with van der Waals surface area (Å²) >= 11 is 12.1. The first-order valence-corrected chi connectivity index (χ1v) is 10.1. The van der Waals surface area contributed by atoms with E-state index in [0.717, 1.165) is 5.56 Å². The second-order valence-electron chi connectivity index (χ2n) is 6.69. The molecule has 0 atom stereocenters. The van der Waals surface area contributed by atoms with Crippen molar-refractivity contribution in [1.82, 2.24) is 0 Å². The topological polar surface area (TPSA) is 57.9 Å². The van der Waals surface area contributed by atoms with Gasteiger partial charge in [0.15, 0.2) is 16.8 Å². The molecule has 1 aromatic heterocycles. The van der Waals surface area contributed by atoms with Crippen LogP contribution < -0.4 is 19.6 Å². The van der Waals surface area contributed by atoms with Gasteiger partial charge in [0, 0.05) is 17.7 Å². The molecule has 3 aromatic carbocycles. The average Bonchev–Trinajstić information content (AvgIpc) is 2.79. The highest BCUT2D eigenvalue weighted by Gasteiger charge is 2.21. The second-order valence-corrected chi connectivity index (χ2v) is 7.51. The fraction of sp³-hybridized carbons (Fsp3) is 0.125. The van der Waals surface area contributed by atoms with Crippen LogP contribution in [0.25, 0.3) is 22.3 Å². The molecule has 0 aliphatic carbocycles. The quantitative estimate of drug-likeness (QED) is 0.337. The summed E-state index contributed by atoms with van der Waals surface area (Å²) in [5, 5.41) is 1.02. The fourth-order valence-corrected chi connectivity index (χ4v) is 3.54. The smallest absolute Gasteiger partial charge is 0.205 e. The first kappa shape index (κ1) is 21.1. The maximum absolute atomic E-state index is 13.0. The highest BCUT2D eigenvalue weighted by atomic mass is 35.5. The monoisotopic (exact) mass is 456 g/mol. The Labute approximate surface area is 188 Å². The Morgan fingerprint density at radius 2 is 1.65 bits per heavy atom. The van der Waals surface area contributed by atoms with Gasteiger partial charge < -0.3 is 18.6 Å². The van der Waals surface area contributed by atoms with Gasteiger partial charge in [-0.1, -0.05) is 53.5 Å². The molecule has 0 saturated heterocycles. The fourth-order valence-electron chi connectivity index (χ4n) is 3.24. The number of methoxy groups -OCH3 is 2. The standard InChI is InChI=1S/C24H18Cl2O5/c1-28-20-12-21(30-13-14-6-4-3-5-7-14)23(29-2)24-22(20)18(27)11-19(31-24)15-8-9-16(25)17(26)10-15/h3-12H,13H2,1-2H3. The molecule has 0 N–H and O–H groups in total. The zero-order chi connectivity index (χ0) is 22.0. The minimum atomic E-state index is -0.285. The van der Waals surface area contributed by atoms with Gasteiger partial charge in [0.25, 0.3) is 0 Å². The van der Waals surface area contributed by atoms with Crippen LogP contribution in [0.2, 0.25) is 10.0 Å². The molecule has 158 valence electrons. The van der Waals surface area contributed by atoms with Crippen LogP contribution >= 0.6 is 23.2 Å². The van der Waals surface area contributed by atoms with Gasteiger partial charge in [0.05, 0.1) is 24.3 Å². The minimum absolute atomic E-state index is 0.221. The summed E-state index contributed by atoms with van der Waals surface area (Å²) in [4.78, 5) is 13.0. The van der Waals surface area contributed by atoms with Crippen LogP contribution in [0, 0.1) is 0 Å². The molecular formula is C24H18Cl2O5. The van der Waals surface area contributed by atoms with E-state index in [4.69, 9.17) is 41.8 Å². The average molecular weight is 457 g/mol. The third kappa shape index (κ3) is 4.20. The van der Waals surface area contributed by atoms with Crippen molar-refractivity contribution in [2.24, 2.45) is 0 Å². The third-order valence-electron chi connectivity index (χ3n) is 4.75. The van der Waals surface area contributed by atoms with Crippen molar-refractivity contribution in [3.8, 4) is 28.6 Å². The summed E-state index contributed by atoms with van der Waals surface area (Å²) in [7, 11) is 2.97. The lowest BCUT2D eigenvalue weighted by molar-refractivity contribution is 0.282. The van der Waals surface area contributed by atoms with Crippen molar-refractivity contribution in [1.29, 1.82) is 0 Å². The maximum atomic E-state index is 13.0. The van der Waals surface area contributed by atoms with Gasteiger partial charge >= 0.3 is 0 Å². The summed E-state index contributed by atoms with van der Waals surface area (Å²) in [5.74, 6) is 1.33. The molecule has 0 amide bonds. The predicted molar refractivity (Wildman–Crippen MR) is 122 cm³/mol. The number of fused-ring (bicyclic) bond motifs is 1. The van der Waals surface area contributed by atoms with E-state index in [-0.39, 0.29) is 16.4 Å². The van der Waals surface area contributed by atoms with Gasteiger partial charge in [-0.15, -0.1) is 0 Å². The van der Waals surface area contributed by atoms with Crippen molar-refractivity contribution in [2.45, 2.75) is 6.61 Å². The third-order valence-corrected chi connectivity index (χ3v) is 5.49. The number of rotatable bonds is 6. The zero-order valence-electron chi connectivity index (χ0n) is 16.8. The SMILES string of the molecule is COc1c(OCc2ccccc2)cc(OC)c2c(=O)cc(-c3ccc(Cl)c(Cl)c3)oc12. The zero-order valence-corrected chi connectivity index (χ0v) is 18.3. The summed E-state index contributed by atoms with van der Waals surface area (Å²) in [5.41, 5.74) is 1.52. The van der Waals surface area contributed by atoms with Crippen molar-refractivity contribution < 1.29 is 18.6 Å². The van der Waals surface area contributed by atoms with E-state index in [1.165, 1.54) is 20.3 Å². The van der Waals surface area contributed by atoms with Crippen LogP contribution in [0.4, 0.5) is 0 Å². The molecule has 4 aromatic rings. The van der Waals surface area contributed by atoms with Gasteiger partial charge in [-0.05, 0) is 23.8 Å². The summed E-state index contributed by atoms with van der Waals surface area (Å²) < 4.78 is 23.1. The predicted octanol–water partition coefficient (Wildman–Crippen LogP) is 6.36. The van der Waals surface area contributed by atoms with Crippen molar-refractivity contribution in [3.05, 3.63) is 86.5 Å². The van der Waals surface area contributed by atoms with E-state index in [0.29, 0.717) is 45.2 Å². The molecule has 0 aliphatic heterocycles. The van der Waals surface area contributed by atoms with Crippen LogP contribution in [0.5, 0.6) is 17.2 Å². The van der Waals surface area contributed by atoms with E-state index in [1.54, 1.807) is 24.3 Å². The lowest BCUT2D eigenvalue weighted by atomic mass is 10.1. The molecule has 0 saturated carbocycles. The van der Waals surface area contributed by atoms with Gasteiger partial charge in [-0.25, -0.2) is 0 Å². The molecule has 0 aliphatic rings. The summed E-state index contributed by atoms with van der Waals surface area (Å²) in [6, 6.07) is 17.7. The molecule has 7 heteroatoms. The second kappa shape index (κ2) is 8.92. The summed E-state index contributed by atoms with van der Waals surface area (Å²) in [6.07, 6.45) is 0. The maximum Gasteiger partial charge on any atom is 0.205 e. The van der Waals surface area contributed by atoms with E-state index in [9.17, 15) is 4.79 Å². The van der Waals surface area contributed by atoms with Crippen LogP contribution in [0.1, 0.15) is 5.56 Å². The molecule has 0 radical (unpaired) electrons. The van der Waals surface area contributed by atoms with Crippen molar-refractivity contribution in [3.63, 3.8) is 0 Å². The molecule has 4 rings (SSSR count). The molecule has 1 heterocycles. The highest BCUT2D eigenvalue weighted by Crippen LogP contribution is 2.42. The van der Waals surface area contributed by atoms with E-state index < -0.39 is 0 Å². The largest absolute Gasteiger partial charge is 0.496 e. The van der Waals surface area contributed by atoms with Gasteiger partial charge in [0.1, 0.15) is 23.5 Å². The van der Waals surface area contributed by atoms with E-state index in [2.05, 4.69) is 0 Å². The molecular weight excluding hydrogens is 439 g/mol. The first-order chi connectivity index (χ1) is 15.0. The number of ether oxygens (including phenoxy) is 3. The Kier molecular flexibility index (Phi) is 6.07. The van der Waals surface area contributed by atoms with Gasteiger partial charge in [0.2, 0.25) is 5.75 Å². The lowest BCUT2D eigenvalue weighted by Gasteiger charge is -2.15. The molecule has 31 heavy (non-hydrogen) atoms. The van der Waals surface area contributed by atoms with E-state index in [1.807, 2.05) is 30.3 Å². The number of hydrogen-bond acceptors (Lipinski definition) is 5. The van der Waals surface area contributed by atoms with Crippen LogP contribution in [-0.2, 0) is 6.61 Å². The normalized spacial score (nSPS) is 10.8. The number of hydrogen-bond donors (Lipinski definition) is 0. The Morgan fingerprint density at radius 1 is 0.871 bits per heavy atom. The molecule has 0 unspecified atom stereocenters. The molecule has 5 nitrogen and oxygen atoms in total. The number of halogens is 2. The lowest BCUT2D eigenvalue weighted by Crippen LogP contribution is -2.06. The van der Waals surface area contributed by atoms with Gasteiger partial charge in [-0.2, -0.15) is 0 Å². The van der Waals surface area contributed by atoms with E-state index >= 15 is 0 Å².